The maximum absolute atomic E-state index is 6.54. The fourth-order valence-corrected chi connectivity index (χ4v) is 7.97. The van der Waals surface area contributed by atoms with E-state index in [1.165, 1.54) is 37.4 Å². The minimum absolute atomic E-state index is 0.808. The Labute approximate surface area is 194 Å². The van der Waals surface area contributed by atoms with Crippen LogP contribution in [0.3, 0.4) is 0 Å². The zero-order valence-corrected chi connectivity index (χ0v) is 21.9. The molecule has 0 radical (unpaired) electrons. The van der Waals surface area contributed by atoms with Crippen molar-refractivity contribution in [2.24, 2.45) is 0 Å². The highest BCUT2D eigenvalue weighted by Gasteiger charge is 2.33. The van der Waals surface area contributed by atoms with Gasteiger partial charge in [0.05, 0.1) is 38.6 Å². The van der Waals surface area contributed by atoms with Crippen LogP contribution in [0.2, 0.25) is 18.1 Å². The van der Waals surface area contributed by atoms with Crippen LogP contribution in [-0.2, 0) is 18.6 Å². The predicted molar refractivity (Wildman–Crippen MR) is 136 cm³/mol. The molecule has 0 heterocycles. The fourth-order valence-electron chi connectivity index (χ4n) is 3.49. The summed E-state index contributed by atoms with van der Waals surface area (Å²) in [6.45, 7) is 11.8. The third kappa shape index (κ3) is 19.2. The van der Waals surface area contributed by atoms with Crippen LogP contribution < -0.4 is 0 Å². The first-order valence-corrected chi connectivity index (χ1v) is 15.2. The third-order valence-corrected chi connectivity index (χ3v) is 9.86. The van der Waals surface area contributed by atoms with E-state index in [2.05, 4.69) is 45.9 Å². The normalized spacial score (nSPS) is 13.9. The lowest BCUT2D eigenvalue weighted by Gasteiger charge is -2.31. The monoisotopic (exact) mass is 454 g/mol. The Bertz CT molecular complexity index is 389. The van der Waals surface area contributed by atoms with Gasteiger partial charge in [-0.25, -0.2) is 0 Å². The molecule has 0 unspecified atom stereocenters. The van der Waals surface area contributed by atoms with Crippen LogP contribution in [0, 0.1) is 0 Å². The van der Waals surface area contributed by atoms with Gasteiger partial charge in [-0.05, 0) is 63.6 Å². The Morgan fingerprint density at radius 3 is 1.16 bits per heavy atom. The first kappa shape index (κ1) is 29.8. The SMILES string of the molecule is CCC=COCCCC[Si](CCCCOC=CCC)(CCCCOC=CCC)OCC. The van der Waals surface area contributed by atoms with Gasteiger partial charge in [0.25, 0.3) is 0 Å². The van der Waals surface area contributed by atoms with Crippen LogP contribution in [0.5, 0.6) is 0 Å². The lowest BCUT2D eigenvalue weighted by molar-refractivity contribution is 0.237. The summed E-state index contributed by atoms with van der Waals surface area (Å²) in [6, 6.07) is 3.69. The highest BCUT2D eigenvalue weighted by molar-refractivity contribution is 6.73. The van der Waals surface area contributed by atoms with E-state index in [9.17, 15) is 0 Å². The zero-order valence-electron chi connectivity index (χ0n) is 20.9. The van der Waals surface area contributed by atoms with E-state index in [0.29, 0.717) is 0 Å². The minimum Gasteiger partial charge on any atom is -0.502 e. The lowest BCUT2D eigenvalue weighted by Crippen LogP contribution is -2.38. The first-order chi connectivity index (χ1) is 15.2. The molecule has 0 bridgehead atoms. The molecular weight excluding hydrogens is 404 g/mol. The lowest BCUT2D eigenvalue weighted by atomic mass is 10.3. The number of hydrogen-bond acceptors (Lipinski definition) is 4. The molecule has 0 aromatic carbocycles. The molecule has 0 N–H and O–H groups in total. The second-order valence-electron chi connectivity index (χ2n) is 7.94. The minimum atomic E-state index is -1.74. The van der Waals surface area contributed by atoms with Crippen molar-refractivity contribution < 1.29 is 18.6 Å². The summed E-state index contributed by atoms with van der Waals surface area (Å²) < 4.78 is 23.3. The Balaban J connectivity index is 4.53. The first-order valence-electron chi connectivity index (χ1n) is 12.7. The number of rotatable bonds is 23. The van der Waals surface area contributed by atoms with E-state index in [-0.39, 0.29) is 0 Å². The van der Waals surface area contributed by atoms with Gasteiger partial charge >= 0.3 is 0 Å². The van der Waals surface area contributed by atoms with Crippen LogP contribution in [0.4, 0.5) is 0 Å². The molecule has 0 aliphatic carbocycles. The molecule has 182 valence electrons. The van der Waals surface area contributed by atoms with Gasteiger partial charge in [-0.15, -0.1) is 0 Å². The molecule has 0 aliphatic heterocycles. The average Bonchev–Trinajstić information content (AvgIpc) is 2.77. The Morgan fingerprint density at radius 1 is 0.516 bits per heavy atom. The smallest absolute Gasteiger partial charge is 0.192 e. The zero-order chi connectivity index (χ0) is 22.9. The van der Waals surface area contributed by atoms with E-state index in [1.807, 2.05) is 18.8 Å². The molecule has 0 spiro atoms. The third-order valence-electron chi connectivity index (χ3n) is 5.17. The highest BCUT2D eigenvalue weighted by atomic mass is 28.4. The largest absolute Gasteiger partial charge is 0.502 e. The molecule has 31 heavy (non-hydrogen) atoms. The highest BCUT2D eigenvalue weighted by Crippen LogP contribution is 2.29. The van der Waals surface area contributed by atoms with Crippen LogP contribution in [0.15, 0.2) is 37.0 Å². The summed E-state index contributed by atoms with van der Waals surface area (Å²) in [5.41, 5.74) is 0. The van der Waals surface area contributed by atoms with Crippen molar-refractivity contribution in [3.05, 3.63) is 37.0 Å². The molecule has 0 amide bonds. The van der Waals surface area contributed by atoms with Gasteiger partial charge in [0.15, 0.2) is 8.32 Å². The van der Waals surface area contributed by atoms with Crippen molar-refractivity contribution in [2.45, 2.75) is 104 Å². The summed E-state index contributed by atoms with van der Waals surface area (Å²) in [7, 11) is -1.74. The molecule has 0 rings (SSSR count). The maximum atomic E-state index is 6.54. The van der Waals surface area contributed by atoms with E-state index in [1.54, 1.807) is 0 Å². The van der Waals surface area contributed by atoms with Crippen molar-refractivity contribution in [1.29, 1.82) is 0 Å². The number of unbranched alkanes of at least 4 members (excludes halogenated alkanes) is 3. The molecule has 0 aliphatic rings. The van der Waals surface area contributed by atoms with E-state index in [0.717, 1.165) is 65.0 Å². The van der Waals surface area contributed by atoms with Gasteiger partial charge in [0.2, 0.25) is 0 Å². The van der Waals surface area contributed by atoms with Crippen LogP contribution >= 0.6 is 0 Å². The summed E-state index contributed by atoms with van der Waals surface area (Å²) in [4.78, 5) is 0. The van der Waals surface area contributed by atoms with Crippen molar-refractivity contribution in [1.82, 2.24) is 0 Å². The summed E-state index contributed by atoms with van der Waals surface area (Å²) in [5.74, 6) is 0. The molecular formula is C26H50O4Si. The quantitative estimate of drug-likeness (QED) is 0.0887. The molecule has 0 saturated heterocycles. The topological polar surface area (TPSA) is 36.9 Å². The van der Waals surface area contributed by atoms with Crippen molar-refractivity contribution in [3.8, 4) is 0 Å². The standard InChI is InChI=1S/C26H50O4Si/c1-5-9-18-27-21-12-15-24-31(30-8-4,25-16-13-22-28-19-10-6-2)26-17-14-23-29-20-11-7-3/h9-11,18-20H,5-8,12-17,21-26H2,1-4H3. The number of allylic oxidation sites excluding steroid dienone is 3. The van der Waals surface area contributed by atoms with E-state index >= 15 is 0 Å². The van der Waals surface area contributed by atoms with Crippen molar-refractivity contribution in [3.63, 3.8) is 0 Å². The summed E-state index contributed by atoms with van der Waals surface area (Å²) in [5, 5.41) is 0. The van der Waals surface area contributed by atoms with Crippen LogP contribution in [-0.4, -0.2) is 34.7 Å². The van der Waals surface area contributed by atoms with Gasteiger partial charge < -0.3 is 18.6 Å². The second kappa shape index (κ2) is 23.5. The molecule has 0 fully saturated rings. The molecule has 0 atom stereocenters. The van der Waals surface area contributed by atoms with Crippen molar-refractivity contribution in [2.75, 3.05) is 26.4 Å². The van der Waals surface area contributed by atoms with E-state index < -0.39 is 8.32 Å². The van der Waals surface area contributed by atoms with Gasteiger partial charge in [0.1, 0.15) is 0 Å². The molecule has 4 nitrogen and oxygen atoms in total. The maximum Gasteiger partial charge on any atom is 0.192 e. The number of hydrogen-bond donors (Lipinski definition) is 0. The average molecular weight is 455 g/mol. The Morgan fingerprint density at radius 2 is 0.871 bits per heavy atom. The van der Waals surface area contributed by atoms with Crippen LogP contribution in [0.1, 0.15) is 85.5 Å². The summed E-state index contributed by atoms with van der Waals surface area (Å²) in [6.07, 6.45) is 21.7. The molecule has 0 aromatic rings. The van der Waals surface area contributed by atoms with Gasteiger partial charge in [-0.2, -0.15) is 0 Å². The Hall–Kier alpha value is -1.20. The van der Waals surface area contributed by atoms with E-state index in [4.69, 9.17) is 18.6 Å². The van der Waals surface area contributed by atoms with Crippen LogP contribution in [0.25, 0.3) is 0 Å². The predicted octanol–water partition coefficient (Wildman–Crippen LogP) is 8.13. The molecule has 0 saturated carbocycles. The fraction of sp³-hybridized carbons (Fsp3) is 0.769. The van der Waals surface area contributed by atoms with Gasteiger partial charge in [-0.1, -0.05) is 58.3 Å². The second-order valence-corrected chi connectivity index (χ2v) is 12.1. The summed E-state index contributed by atoms with van der Waals surface area (Å²) >= 11 is 0. The molecule has 0 aromatic heterocycles. The molecule has 5 heteroatoms. The van der Waals surface area contributed by atoms with Crippen molar-refractivity contribution >= 4 is 8.32 Å². The van der Waals surface area contributed by atoms with Gasteiger partial charge in [-0.3, -0.25) is 0 Å². The van der Waals surface area contributed by atoms with Gasteiger partial charge in [0, 0.05) is 6.61 Å². The Kier molecular flexibility index (Phi) is 22.5. The number of ether oxygens (including phenoxy) is 3.